The van der Waals surface area contributed by atoms with Crippen molar-refractivity contribution >= 4 is 11.5 Å². The van der Waals surface area contributed by atoms with E-state index in [0.29, 0.717) is 5.92 Å². The van der Waals surface area contributed by atoms with Crippen molar-refractivity contribution in [2.24, 2.45) is 16.8 Å². The van der Waals surface area contributed by atoms with Gasteiger partial charge in [0, 0.05) is 19.2 Å². The highest BCUT2D eigenvalue weighted by molar-refractivity contribution is 6.02. The number of amidine groups is 1. The van der Waals surface area contributed by atoms with Gasteiger partial charge in [0.15, 0.2) is 5.84 Å². The summed E-state index contributed by atoms with van der Waals surface area (Å²) in [6.07, 6.45) is 0. The molecule has 0 aliphatic carbocycles. The molecular weight excluding hydrogens is 214 g/mol. The monoisotopic (exact) mass is 235 g/mol. The van der Waals surface area contributed by atoms with Gasteiger partial charge in [-0.25, -0.2) is 0 Å². The number of nitrogens with two attached hydrogens (primary N) is 1. The van der Waals surface area contributed by atoms with Gasteiger partial charge < -0.3 is 15.8 Å². The molecule has 0 saturated carbocycles. The number of aryl methyl sites for hydroxylation is 1. The van der Waals surface area contributed by atoms with Crippen molar-refractivity contribution in [2.75, 3.05) is 18.5 Å². The third-order valence-corrected chi connectivity index (χ3v) is 2.64. The van der Waals surface area contributed by atoms with Gasteiger partial charge >= 0.3 is 0 Å². The van der Waals surface area contributed by atoms with Gasteiger partial charge in [-0.05, 0) is 24.5 Å². The van der Waals surface area contributed by atoms with Crippen LogP contribution in [0.1, 0.15) is 25.0 Å². The predicted molar refractivity (Wildman–Crippen MR) is 71.8 cm³/mol. The fourth-order valence-corrected chi connectivity index (χ4v) is 2.07. The van der Waals surface area contributed by atoms with Crippen LogP contribution in [0.4, 0.5) is 5.69 Å². The lowest BCUT2D eigenvalue weighted by Crippen LogP contribution is -2.27. The van der Waals surface area contributed by atoms with Crippen LogP contribution in [0.5, 0.6) is 0 Å². The maximum absolute atomic E-state index is 8.81. The molecule has 4 nitrogen and oxygen atoms in total. The summed E-state index contributed by atoms with van der Waals surface area (Å²) < 4.78 is 0. The average molecular weight is 235 g/mol. The molecule has 0 aromatic heterocycles. The van der Waals surface area contributed by atoms with Crippen molar-refractivity contribution in [1.29, 1.82) is 0 Å². The van der Waals surface area contributed by atoms with Gasteiger partial charge in [0.2, 0.25) is 0 Å². The molecule has 0 saturated heterocycles. The Bertz CT molecular complexity index is 413. The van der Waals surface area contributed by atoms with E-state index in [-0.39, 0.29) is 5.84 Å². The number of rotatable bonds is 4. The molecule has 0 fully saturated rings. The molecule has 1 rings (SSSR count). The first-order chi connectivity index (χ1) is 7.97. The largest absolute Gasteiger partial charge is 0.409 e. The molecule has 0 bridgehead atoms. The summed E-state index contributed by atoms with van der Waals surface area (Å²) in [6.45, 7) is 7.28. The Hall–Kier alpha value is -1.71. The van der Waals surface area contributed by atoms with Crippen LogP contribution >= 0.6 is 0 Å². The molecule has 0 unspecified atom stereocenters. The van der Waals surface area contributed by atoms with E-state index in [1.807, 2.05) is 32.2 Å². The summed E-state index contributed by atoms with van der Waals surface area (Å²) >= 11 is 0. The summed E-state index contributed by atoms with van der Waals surface area (Å²) in [5.74, 6) is 0.707. The van der Waals surface area contributed by atoms with Gasteiger partial charge in [-0.1, -0.05) is 31.1 Å². The van der Waals surface area contributed by atoms with Gasteiger partial charge in [-0.15, -0.1) is 0 Å². The van der Waals surface area contributed by atoms with Crippen molar-refractivity contribution in [3.05, 3.63) is 29.3 Å². The Labute approximate surface area is 103 Å². The predicted octanol–water partition coefficient (Wildman–Crippen LogP) is 2.18. The van der Waals surface area contributed by atoms with Gasteiger partial charge in [0.25, 0.3) is 0 Å². The number of benzene rings is 1. The Morgan fingerprint density at radius 3 is 2.65 bits per heavy atom. The smallest absolute Gasteiger partial charge is 0.172 e. The van der Waals surface area contributed by atoms with Gasteiger partial charge in [-0.3, -0.25) is 0 Å². The van der Waals surface area contributed by atoms with Crippen molar-refractivity contribution < 1.29 is 5.21 Å². The number of oxime groups is 1. The number of nitrogens with zero attached hydrogens (tertiary/aromatic N) is 2. The number of hydrogen-bond acceptors (Lipinski definition) is 3. The van der Waals surface area contributed by atoms with Crippen molar-refractivity contribution in [2.45, 2.75) is 20.8 Å². The van der Waals surface area contributed by atoms with Gasteiger partial charge in [-0.2, -0.15) is 0 Å². The summed E-state index contributed by atoms with van der Waals surface area (Å²) in [6, 6.07) is 5.81. The second-order valence-corrected chi connectivity index (χ2v) is 4.73. The summed E-state index contributed by atoms with van der Waals surface area (Å²) in [5.41, 5.74) is 8.63. The van der Waals surface area contributed by atoms with Crippen LogP contribution in [0.3, 0.4) is 0 Å². The molecule has 17 heavy (non-hydrogen) atoms. The number of anilines is 1. The topological polar surface area (TPSA) is 61.9 Å². The minimum atomic E-state index is 0.152. The maximum Gasteiger partial charge on any atom is 0.172 e. The lowest BCUT2D eigenvalue weighted by molar-refractivity contribution is 0.318. The van der Waals surface area contributed by atoms with Crippen molar-refractivity contribution in [3.63, 3.8) is 0 Å². The minimum absolute atomic E-state index is 0.152. The summed E-state index contributed by atoms with van der Waals surface area (Å²) in [4.78, 5) is 2.15. The minimum Gasteiger partial charge on any atom is -0.409 e. The SMILES string of the molecule is Cc1cccc(/C(N)=N/O)c1N(C)CC(C)C. The molecule has 94 valence electrons. The molecule has 1 aromatic carbocycles. The second-order valence-electron chi connectivity index (χ2n) is 4.73. The zero-order chi connectivity index (χ0) is 13.0. The van der Waals surface area contributed by atoms with E-state index in [9.17, 15) is 0 Å². The highest BCUT2D eigenvalue weighted by Crippen LogP contribution is 2.24. The van der Waals surface area contributed by atoms with E-state index in [2.05, 4.69) is 23.9 Å². The lowest BCUT2D eigenvalue weighted by Gasteiger charge is -2.25. The van der Waals surface area contributed by atoms with Crippen LogP contribution < -0.4 is 10.6 Å². The van der Waals surface area contributed by atoms with Gasteiger partial charge in [0.1, 0.15) is 0 Å². The Balaban J connectivity index is 3.20. The summed E-state index contributed by atoms with van der Waals surface area (Å²) in [5, 5.41) is 11.9. The van der Waals surface area contributed by atoms with E-state index in [1.54, 1.807) is 0 Å². The number of para-hydroxylation sites is 1. The molecule has 0 atom stereocenters. The van der Waals surface area contributed by atoms with Crippen molar-refractivity contribution in [3.8, 4) is 0 Å². The highest BCUT2D eigenvalue weighted by atomic mass is 16.4. The van der Waals surface area contributed by atoms with E-state index < -0.39 is 0 Å². The van der Waals surface area contributed by atoms with Crippen LogP contribution in [0, 0.1) is 12.8 Å². The molecule has 4 heteroatoms. The number of hydrogen-bond donors (Lipinski definition) is 2. The van der Waals surface area contributed by atoms with Crippen LogP contribution in [-0.4, -0.2) is 24.6 Å². The van der Waals surface area contributed by atoms with Crippen molar-refractivity contribution in [1.82, 2.24) is 0 Å². The third-order valence-electron chi connectivity index (χ3n) is 2.64. The molecular formula is C13H21N3O. The average Bonchev–Trinajstić information content (AvgIpc) is 2.26. The quantitative estimate of drug-likeness (QED) is 0.364. The normalized spacial score (nSPS) is 11.9. The molecule has 0 aliphatic heterocycles. The third kappa shape index (κ3) is 3.12. The fraction of sp³-hybridized carbons (Fsp3) is 0.462. The maximum atomic E-state index is 8.81. The van der Waals surface area contributed by atoms with E-state index in [0.717, 1.165) is 23.4 Å². The zero-order valence-corrected chi connectivity index (χ0v) is 10.9. The van der Waals surface area contributed by atoms with E-state index >= 15 is 0 Å². The standard InChI is InChI=1S/C13H21N3O/c1-9(2)8-16(4)12-10(3)6-5-7-11(12)13(14)15-17/h5-7,9,17H,8H2,1-4H3,(H2,14,15). The molecule has 0 aliphatic rings. The summed E-state index contributed by atoms with van der Waals surface area (Å²) in [7, 11) is 2.02. The molecule has 0 amide bonds. The van der Waals surface area contributed by atoms with E-state index in [1.165, 1.54) is 0 Å². The first-order valence-corrected chi connectivity index (χ1v) is 5.76. The first kappa shape index (κ1) is 13.4. The second kappa shape index (κ2) is 5.57. The molecule has 0 spiro atoms. The first-order valence-electron chi connectivity index (χ1n) is 5.76. The fourth-order valence-electron chi connectivity index (χ4n) is 2.07. The van der Waals surface area contributed by atoms with Crippen LogP contribution in [0.2, 0.25) is 0 Å². The molecule has 3 N–H and O–H groups in total. The molecule has 0 radical (unpaired) electrons. The Morgan fingerprint density at radius 1 is 1.47 bits per heavy atom. The van der Waals surface area contributed by atoms with E-state index in [4.69, 9.17) is 10.9 Å². The highest BCUT2D eigenvalue weighted by Gasteiger charge is 2.14. The van der Waals surface area contributed by atoms with Crippen LogP contribution in [0.25, 0.3) is 0 Å². The lowest BCUT2D eigenvalue weighted by atomic mass is 10.0. The molecule has 1 aromatic rings. The Morgan fingerprint density at radius 2 is 2.12 bits per heavy atom. The zero-order valence-electron chi connectivity index (χ0n) is 10.9. The van der Waals surface area contributed by atoms with Crippen LogP contribution in [0.15, 0.2) is 23.4 Å². The molecule has 0 heterocycles. The Kier molecular flexibility index (Phi) is 4.37. The van der Waals surface area contributed by atoms with Gasteiger partial charge in [0.05, 0.1) is 5.69 Å². The van der Waals surface area contributed by atoms with Crippen LogP contribution in [-0.2, 0) is 0 Å².